The van der Waals surface area contributed by atoms with E-state index in [2.05, 4.69) is 17.2 Å². The average Bonchev–Trinajstić information content (AvgIpc) is 2.04. The van der Waals surface area contributed by atoms with E-state index in [0.29, 0.717) is 0 Å². The van der Waals surface area contributed by atoms with Crippen LogP contribution < -0.4 is 10.6 Å². The van der Waals surface area contributed by atoms with Gasteiger partial charge in [0.05, 0.1) is 5.54 Å². The Morgan fingerprint density at radius 3 is 2.54 bits per heavy atom. The van der Waals surface area contributed by atoms with Crippen LogP contribution in [0.2, 0.25) is 0 Å². The van der Waals surface area contributed by atoms with E-state index in [4.69, 9.17) is 0 Å². The fraction of sp³-hybridized carbons (Fsp3) is 0.700. The van der Waals surface area contributed by atoms with Crippen LogP contribution in [0.25, 0.3) is 0 Å². The molecular weight excluding hydrogens is 164 g/mol. The van der Waals surface area contributed by atoms with Gasteiger partial charge in [-0.15, -0.1) is 6.58 Å². The lowest BCUT2D eigenvalue weighted by atomic mass is 10.0. The Bertz CT molecular complexity index is 187. The summed E-state index contributed by atoms with van der Waals surface area (Å²) in [5.74, 6) is 0.00162. The van der Waals surface area contributed by atoms with Gasteiger partial charge < -0.3 is 10.6 Å². The zero-order chi connectivity index (χ0) is 10.5. The summed E-state index contributed by atoms with van der Waals surface area (Å²) in [5.41, 5.74) is -0.508. The highest BCUT2D eigenvalue weighted by atomic mass is 16.2. The van der Waals surface area contributed by atoms with Crippen LogP contribution in [0.15, 0.2) is 12.7 Å². The molecule has 0 bridgehead atoms. The Labute approximate surface area is 80.6 Å². The van der Waals surface area contributed by atoms with Crippen LogP contribution in [-0.4, -0.2) is 24.0 Å². The molecule has 76 valence electrons. The Morgan fingerprint density at radius 1 is 1.62 bits per heavy atom. The quantitative estimate of drug-likeness (QED) is 0.627. The normalized spacial score (nSPS) is 13.5. The maximum atomic E-state index is 11.6. The van der Waals surface area contributed by atoms with E-state index in [1.54, 1.807) is 6.08 Å². The number of rotatable bonds is 5. The first-order chi connectivity index (χ1) is 5.94. The van der Waals surface area contributed by atoms with Gasteiger partial charge in [0.15, 0.2) is 0 Å². The van der Waals surface area contributed by atoms with Crippen LogP contribution >= 0.6 is 0 Å². The monoisotopic (exact) mass is 184 g/mol. The van der Waals surface area contributed by atoms with E-state index in [1.807, 2.05) is 27.7 Å². The summed E-state index contributed by atoms with van der Waals surface area (Å²) >= 11 is 0. The third kappa shape index (κ3) is 4.08. The van der Waals surface area contributed by atoms with Gasteiger partial charge in [-0.25, -0.2) is 0 Å². The third-order valence-corrected chi connectivity index (χ3v) is 1.90. The summed E-state index contributed by atoms with van der Waals surface area (Å²) in [7, 11) is 0. The van der Waals surface area contributed by atoms with E-state index in [0.717, 1.165) is 6.54 Å². The smallest absolute Gasteiger partial charge is 0.240 e. The van der Waals surface area contributed by atoms with Crippen LogP contribution in [-0.2, 0) is 4.79 Å². The van der Waals surface area contributed by atoms with Crippen LogP contribution in [0, 0.1) is 0 Å². The summed E-state index contributed by atoms with van der Waals surface area (Å²) in [6.07, 6.45) is 1.71. The lowest BCUT2D eigenvalue weighted by Crippen LogP contribution is -2.54. The highest BCUT2D eigenvalue weighted by Gasteiger charge is 2.26. The standard InChI is InChI=1S/C10H20N2O/c1-6-8(3)12-9(13)10(4,5)11-7-2/h6,8,11H,1,7H2,2-5H3,(H,12,13). The first-order valence-electron chi connectivity index (χ1n) is 4.62. The second-order valence-corrected chi connectivity index (χ2v) is 3.65. The Hall–Kier alpha value is -0.830. The van der Waals surface area contributed by atoms with Gasteiger partial charge in [0.1, 0.15) is 0 Å². The molecule has 0 heterocycles. The molecule has 0 aromatic heterocycles. The number of carbonyl (C=O) groups excluding carboxylic acids is 1. The van der Waals surface area contributed by atoms with Crippen molar-refractivity contribution >= 4 is 5.91 Å². The molecule has 0 saturated carbocycles. The van der Waals surface area contributed by atoms with Crippen LogP contribution in [0.3, 0.4) is 0 Å². The van der Waals surface area contributed by atoms with Gasteiger partial charge in [0.2, 0.25) is 5.91 Å². The van der Waals surface area contributed by atoms with Crippen molar-refractivity contribution < 1.29 is 4.79 Å². The SMILES string of the molecule is C=CC(C)NC(=O)C(C)(C)NCC. The Balaban J connectivity index is 4.15. The summed E-state index contributed by atoms with van der Waals surface area (Å²) in [5, 5.41) is 5.94. The predicted octanol–water partition coefficient (Wildman–Crippen LogP) is 1.07. The van der Waals surface area contributed by atoms with E-state index < -0.39 is 5.54 Å². The van der Waals surface area contributed by atoms with Crippen LogP contribution in [0.4, 0.5) is 0 Å². The number of nitrogens with one attached hydrogen (secondary N) is 2. The highest BCUT2D eigenvalue weighted by molar-refractivity contribution is 5.85. The molecule has 0 aromatic carbocycles. The Kier molecular flexibility index (Phi) is 4.70. The second-order valence-electron chi connectivity index (χ2n) is 3.65. The molecule has 1 amide bonds. The minimum absolute atomic E-state index is 0.00162. The largest absolute Gasteiger partial charge is 0.349 e. The molecule has 3 heteroatoms. The van der Waals surface area contributed by atoms with Crippen LogP contribution in [0.1, 0.15) is 27.7 Å². The first-order valence-corrected chi connectivity index (χ1v) is 4.62. The maximum absolute atomic E-state index is 11.6. The van der Waals surface area contributed by atoms with Gasteiger partial charge in [0.25, 0.3) is 0 Å². The molecular formula is C10H20N2O. The number of hydrogen-bond acceptors (Lipinski definition) is 2. The zero-order valence-corrected chi connectivity index (χ0v) is 8.98. The lowest BCUT2D eigenvalue weighted by Gasteiger charge is -2.25. The van der Waals surface area contributed by atoms with Gasteiger partial charge in [-0.3, -0.25) is 4.79 Å². The van der Waals surface area contributed by atoms with Crippen molar-refractivity contribution in [3.63, 3.8) is 0 Å². The van der Waals surface area contributed by atoms with Crippen molar-refractivity contribution in [2.45, 2.75) is 39.3 Å². The minimum atomic E-state index is -0.508. The molecule has 2 N–H and O–H groups in total. The summed E-state index contributed by atoms with van der Waals surface area (Å²) in [6, 6.07) is 0.0189. The molecule has 0 aliphatic rings. The number of likely N-dealkylation sites (N-methyl/N-ethyl adjacent to an activating group) is 1. The number of hydrogen-bond donors (Lipinski definition) is 2. The van der Waals surface area contributed by atoms with Crippen molar-refractivity contribution in [2.24, 2.45) is 0 Å². The fourth-order valence-corrected chi connectivity index (χ4v) is 0.968. The van der Waals surface area contributed by atoms with Gasteiger partial charge >= 0.3 is 0 Å². The molecule has 0 spiro atoms. The van der Waals surface area contributed by atoms with E-state index >= 15 is 0 Å². The van der Waals surface area contributed by atoms with Crippen molar-refractivity contribution in [1.29, 1.82) is 0 Å². The highest BCUT2D eigenvalue weighted by Crippen LogP contribution is 2.02. The van der Waals surface area contributed by atoms with E-state index in [1.165, 1.54) is 0 Å². The van der Waals surface area contributed by atoms with E-state index in [-0.39, 0.29) is 11.9 Å². The second kappa shape index (κ2) is 5.02. The number of amides is 1. The molecule has 0 aliphatic heterocycles. The molecule has 0 radical (unpaired) electrons. The molecule has 13 heavy (non-hydrogen) atoms. The predicted molar refractivity (Wildman–Crippen MR) is 55.6 cm³/mol. The number of carbonyl (C=O) groups is 1. The lowest BCUT2D eigenvalue weighted by molar-refractivity contribution is -0.126. The molecule has 0 rings (SSSR count). The van der Waals surface area contributed by atoms with E-state index in [9.17, 15) is 4.79 Å². The average molecular weight is 184 g/mol. The van der Waals surface area contributed by atoms with Gasteiger partial charge in [-0.05, 0) is 27.3 Å². The van der Waals surface area contributed by atoms with Gasteiger partial charge in [0, 0.05) is 6.04 Å². The van der Waals surface area contributed by atoms with Gasteiger partial charge in [-0.2, -0.15) is 0 Å². The molecule has 3 nitrogen and oxygen atoms in total. The van der Waals surface area contributed by atoms with Crippen molar-refractivity contribution in [3.05, 3.63) is 12.7 Å². The summed E-state index contributed by atoms with van der Waals surface area (Å²) in [4.78, 5) is 11.6. The molecule has 0 aromatic rings. The Morgan fingerprint density at radius 2 is 2.15 bits per heavy atom. The maximum Gasteiger partial charge on any atom is 0.240 e. The van der Waals surface area contributed by atoms with Gasteiger partial charge in [-0.1, -0.05) is 13.0 Å². The topological polar surface area (TPSA) is 41.1 Å². The molecule has 0 saturated heterocycles. The van der Waals surface area contributed by atoms with Crippen LogP contribution in [0.5, 0.6) is 0 Å². The summed E-state index contributed by atoms with van der Waals surface area (Å²) < 4.78 is 0. The first kappa shape index (κ1) is 12.2. The van der Waals surface area contributed by atoms with Crippen molar-refractivity contribution in [2.75, 3.05) is 6.54 Å². The van der Waals surface area contributed by atoms with Crippen molar-refractivity contribution in [3.8, 4) is 0 Å². The summed E-state index contributed by atoms with van der Waals surface area (Å²) in [6.45, 7) is 12.0. The molecule has 1 atom stereocenters. The van der Waals surface area contributed by atoms with Crippen molar-refractivity contribution in [1.82, 2.24) is 10.6 Å². The minimum Gasteiger partial charge on any atom is -0.349 e. The zero-order valence-electron chi connectivity index (χ0n) is 8.98. The third-order valence-electron chi connectivity index (χ3n) is 1.90. The molecule has 0 aliphatic carbocycles. The molecule has 1 unspecified atom stereocenters. The fourth-order valence-electron chi connectivity index (χ4n) is 0.968. The molecule has 0 fully saturated rings.